The highest BCUT2D eigenvalue weighted by atomic mass is 16.2. The highest BCUT2D eigenvalue weighted by molar-refractivity contribution is 5.89. The van der Waals surface area contributed by atoms with Gasteiger partial charge in [-0.05, 0) is 37.0 Å². The van der Waals surface area contributed by atoms with E-state index in [0.29, 0.717) is 26.1 Å². The summed E-state index contributed by atoms with van der Waals surface area (Å²) in [7, 11) is 0. The van der Waals surface area contributed by atoms with Crippen LogP contribution < -0.4 is 0 Å². The van der Waals surface area contributed by atoms with Crippen molar-refractivity contribution < 1.29 is 9.59 Å². The zero-order chi connectivity index (χ0) is 22.8. The Kier molecular flexibility index (Phi) is 6.16. The standard InChI is InChI=1S/C27H32N4O2/c1-2-14-31-24-13-7-6-12-23(24)28-26(31)21-11-8-15-29(18-21)27(33)22-16-25(32)30(19-22)17-20-9-4-3-5-10-20/h3-7,9-10,12-13,21-22H,2,8,11,14-19H2,1H3. The van der Waals surface area contributed by atoms with Gasteiger partial charge in [-0.1, -0.05) is 49.4 Å². The lowest BCUT2D eigenvalue weighted by atomic mass is 9.95. The van der Waals surface area contributed by atoms with Crippen LogP contribution in [0.2, 0.25) is 0 Å². The summed E-state index contributed by atoms with van der Waals surface area (Å²) in [6.07, 6.45) is 3.38. The summed E-state index contributed by atoms with van der Waals surface area (Å²) >= 11 is 0. The van der Waals surface area contributed by atoms with Crippen LogP contribution in [0.5, 0.6) is 0 Å². The fourth-order valence-electron chi connectivity index (χ4n) is 5.40. The lowest BCUT2D eigenvalue weighted by Gasteiger charge is -2.34. The molecule has 3 aromatic rings. The molecule has 5 rings (SSSR count). The predicted octanol–water partition coefficient (Wildman–Crippen LogP) is 4.20. The van der Waals surface area contributed by atoms with Crippen LogP contribution in [0.4, 0.5) is 0 Å². The number of piperidine rings is 1. The normalized spacial score (nSPS) is 21.2. The van der Waals surface area contributed by atoms with Crippen LogP contribution in [-0.2, 0) is 22.7 Å². The first-order valence-corrected chi connectivity index (χ1v) is 12.2. The third kappa shape index (κ3) is 4.39. The molecule has 0 radical (unpaired) electrons. The lowest BCUT2D eigenvalue weighted by molar-refractivity contribution is -0.137. The van der Waals surface area contributed by atoms with Crippen molar-refractivity contribution in [3.05, 3.63) is 66.0 Å². The van der Waals surface area contributed by atoms with Crippen molar-refractivity contribution in [2.24, 2.45) is 5.92 Å². The minimum atomic E-state index is -0.241. The molecule has 172 valence electrons. The number of likely N-dealkylation sites (tertiary alicyclic amines) is 2. The Morgan fingerprint density at radius 1 is 1.06 bits per heavy atom. The van der Waals surface area contributed by atoms with E-state index in [-0.39, 0.29) is 23.7 Å². The van der Waals surface area contributed by atoms with Crippen LogP contribution in [0.3, 0.4) is 0 Å². The Morgan fingerprint density at radius 3 is 2.67 bits per heavy atom. The average molecular weight is 445 g/mol. The van der Waals surface area contributed by atoms with E-state index in [0.717, 1.165) is 49.3 Å². The molecule has 33 heavy (non-hydrogen) atoms. The number of aryl methyl sites for hydroxylation is 1. The SMILES string of the molecule is CCCn1c(C2CCCN(C(=O)C3CC(=O)N(Cc4ccccc4)C3)C2)nc2ccccc21. The van der Waals surface area contributed by atoms with Crippen molar-refractivity contribution in [1.29, 1.82) is 0 Å². The van der Waals surface area contributed by atoms with Crippen molar-refractivity contribution in [2.75, 3.05) is 19.6 Å². The summed E-state index contributed by atoms with van der Waals surface area (Å²) < 4.78 is 2.34. The van der Waals surface area contributed by atoms with E-state index in [2.05, 4.69) is 29.7 Å². The number of carbonyl (C=O) groups is 2. The number of carbonyl (C=O) groups excluding carboxylic acids is 2. The molecule has 2 fully saturated rings. The van der Waals surface area contributed by atoms with Gasteiger partial charge in [0.15, 0.2) is 0 Å². The van der Waals surface area contributed by atoms with Gasteiger partial charge in [0.05, 0.1) is 17.0 Å². The molecule has 2 saturated heterocycles. The molecule has 2 aliphatic rings. The lowest BCUT2D eigenvalue weighted by Crippen LogP contribution is -2.43. The zero-order valence-corrected chi connectivity index (χ0v) is 19.3. The number of fused-ring (bicyclic) bond motifs is 1. The molecule has 0 aliphatic carbocycles. The molecule has 0 bridgehead atoms. The molecule has 6 nitrogen and oxygen atoms in total. The number of hydrogen-bond acceptors (Lipinski definition) is 3. The van der Waals surface area contributed by atoms with E-state index < -0.39 is 0 Å². The van der Waals surface area contributed by atoms with E-state index in [9.17, 15) is 9.59 Å². The third-order valence-electron chi connectivity index (χ3n) is 7.01. The van der Waals surface area contributed by atoms with Gasteiger partial charge in [-0.2, -0.15) is 0 Å². The number of amides is 2. The fourth-order valence-corrected chi connectivity index (χ4v) is 5.40. The predicted molar refractivity (Wildman–Crippen MR) is 129 cm³/mol. The van der Waals surface area contributed by atoms with Gasteiger partial charge in [-0.15, -0.1) is 0 Å². The van der Waals surface area contributed by atoms with Crippen molar-refractivity contribution in [3.63, 3.8) is 0 Å². The summed E-state index contributed by atoms with van der Waals surface area (Å²) in [4.78, 5) is 34.9. The van der Waals surface area contributed by atoms with Gasteiger partial charge in [0.1, 0.15) is 5.82 Å². The van der Waals surface area contributed by atoms with E-state index in [4.69, 9.17) is 4.98 Å². The number of para-hydroxylation sites is 2. The molecular formula is C27H32N4O2. The fraction of sp³-hybridized carbons (Fsp3) is 0.444. The first-order chi connectivity index (χ1) is 16.1. The maximum Gasteiger partial charge on any atom is 0.228 e. The number of hydrogen-bond donors (Lipinski definition) is 0. The van der Waals surface area contributed by atoms with Gasteiger partial charge >= 0.3 is 0 Å². The van der Waals surface area contributed by atoms with Crippen LogP contribution in [0, 0.1) is 5.92 Å². The highest BCUT2D eigenvalue weighted by Crippen LogP contribution is 2.31. The smallest absolute Gasteiger partial charge is 0.228 e. The molecule has 1 aromatic heterocycles. The monoisotopic (exact) mass is 444 g/mol. The minimum absolute atomic E-state index is 0.0792. The molecule has 2 aliphatic heterocycles. The number of rotatable bonds is 6. The van der Waals surface area contributed by atoms with Gasteiger partial charge < -0.3 is 14.4 Å². The number of benzene rings is 2. The molecule has 3 heterocycles. The van der Waals surface area contributed by atoms with Gasteiger partial charge in [0.2, 0.25) is 11.8 Å². The third-order valence-corrected chi connectivity index (χ3v) is 7.01. The number of aromatic nitrogens is 2. The van der Waals surface area contributed by atoms with Crippen LogP contribution >= 0.6 is 0 Å². The second kappa shape index (κ2) is 9.38. The maximum absolute atomic E-state index is 13.4. The van der Waals surface area contributed by atoms with Crippen molar-refractivity contribution in [1.82, 2.24) is 19.4 Å². The Labute approximate surface area is 195 Å². The average Bonchev–Trinajstić information content (AvgIpc) is 3.40. The number of nitrogens with zero attached hydrogens (tertiary/aromatic N) is 4. The van der Waals surface area contributed by atoms with Crippen LogP contribution in [0.1, 0.15) is 49.9 Å². The van der Waals surface area contributed by atoms with Crippen LogP contribution in [-0.4, -0.2) is 50.8 Å². The Hall–Kier alpha value is -3.15. The number of imidazole rings is 1. The molecule has 6 heteroatoms. The van der Waals surface area contributed by atoms with Gasteiger partial charge in [-0.3, -0.25) is 9.59 Å². The molecular weight excluding hydrogens is 412 g/mol. The molecule has 2 atom stereocenters. The largest absolute Gasteiger partial charge is 0.342 e. The summed E-state index contributed by atoms with van der Waals surface area (Å²) in [5, 5.41) is 0. The first kappa shape index (κ1) is 21.7. The van der Waals surface area contributed by atoms with Gasteiger partial charge in [0, 0.05) is 45.1 Å². The zero-order valence-electron chi connectivity index (χ0n) is 19.3. The van der Waals surface area contributed by atoms with Crippen LogP contribution in [0.25, 0.3) is 11.0 Å². The summed E-state index contributed by atoms with van der Waals surface area (Å²) in [5.41, 5.74) is 3.31. The Morgan fingerprint density at radius 2 is 1.85 bits per heavy atom. The summed E-state index contributed by atoms with van der Waals surface area (Å²) in [6.45, 7) is 5.68. The maximum atomic E-state index is 13.4. The quantitative estimate of drug-likeness (QED) is 0.573. The molecule has 0 N–H and O–H groups in total. The molecule has 2 aromatic carbocycles. The molecule has 0 spiro atoms. The van der Waals surface area contributed by atoms with E-state index in [1.807, 2.05) is 46.2 Å². The topological polar surface area (TPSA) is 58.4 Å². The Balaban J connectivity index is 1.29. The van der Waals surface area contributed by atoms with Crippen molar-refractivity contribution in [3.8, 4) is 0 Å². The summed E-state index contributed by atoms with van der Waals surface area (Å²) in [6, 6.07) is 18.3. The molecule has 2 amide bonds. The van der Waals surface area contributed by atoms with E-state index in [1.54, 1.807) is 0 Å². The molecule has 0 saturated carbocycles. The first-order valence-electron chi connectivity index (χ1n) is 12.2. The second-order valence-electron chi connectivity index (χ2n) is 9.39. The highest BCUT2D eigenvalue weighted by Gasteiger charge is 2.38. The minimum Gasteiger partial charge on any atom is -0.342 e. The van der Waals surface area contributed by atoms with Crippen LogP contribution in [0.15, 0.2) is 54.6 Å². The summed E-state index contributed by atoms with van der Waals surface area (Å²) in [5.74, 6) is 1.30. The molecule has 2 unspecified atom stereocenters. The second-order valence-corrected chi connectivity index (χ2v) is 9.39. The van der Waals surface area contributed by atoms with Crippen molar-refractivity contribution in [2.45, 2.75) is 51.6 Å². The van der Waals surface area contributed by atoms with E-state index in [1.165, 1.54) is 5.52 Å². The van der Waals surface area contributed by atoms with Gasteiger partial charge in [0.25, 0.3) is 0 Å². The Bertz CT molecular complexity index is 1140. The van der Waals surface area contributed by atoms with Gasteiger partial charge in [-0.25, -0.2) is 4.98 Å². The van der Waals surface area contributed by atoms with E-state index >= 15 is 0 Å². The van der Waals surface area contributed by atoms with Crippen molar-refractivity contribution >= 4 is 22.8 Å².